The van der Waals surface area contributed by atoms with Crippen LogP contribution < -0.4 is 5.32 Å². The Bertz CT molecular complexity index is 503. The molecule has 2 N–H and O–H groups in total. The molecule has 22 heavy (non-hydrogen) atoms. The summed E-state index contributed by atoms with van der Waals surface area (Å²) in [5.41, 5.74) is 0.653. The van der Waals surface area contributed by atoms with E-state index in [2.05, 4.69) is 18.3 Å². The number of methoxy groups -OCH3 is 1. The standard InChI is InChI=1S/C18H27NO3/c1-14(8-7-12-18(2,3)21)11-13-19-16-10-6-5-9-15(16)17(20)22-4/h5-6,9-11,13-14,19,21H,7-8,12H2,1-4H3. The lowest BCUT2D eigenvalue weighted by molar-refractivity contribution is 0.0601. The summed E-state index contributed by atoms with van der Waals surface area (Å²) in [7, 11) is 1.37. The van der Waals surface area contributed by atoms with Gasteiger partial charge in [0.15, 0.2) is 0 Å². The van der Waals surface area contributed by atoms with Gasteiger partial charge in [-0.25, -0.2) is 4.79 Å². The molecule has 0 aliphatic carbocycles. The van der Waals surface area contributed by atoms with Gasteiger partial charge in [0.1, 0.15) is 0 Å². The van der Waals surface area contributed by atoms with Gasteiger partial charge in [-0.3, -0.25) is 0 Å². The number of rotatable bonds is 8. The number of hydrogen-bond donors (Lipinski definition) is 2. The third-order valence-corrected chi connectivity index (χ3v) is 3.44. The summed E-state index contributed by atoms with van der Waals surface area (Å²) in [5.74, 6) is 0.0508. The highest BCUT2D eigenvalue weighted by Crippen LogP contribution is 2.18. The molecule has 4 nitrogen and oxygen atoms in total. The van der Waals surface area contributed by atoms with E-state index in [4.69, 9.17) is 4.74 Å². The quantitative estimate of drug-likeness (QED) is 0.713. The van der Waals surface area contributed by atoms with E-state index in [1.165, 1.54) is 7.11 Å². The minimum atomic E-state index is -0.596. The summed E-state index contributed by atoms with van der Waals surface area (Å²) in [6.45, 7) is 5.80. The van der Waals surface area contributed by atoms with Crippen molar-refractivity contribution in [3.05, 3.63) is 42.1 Å². The van der Waals surface area contributed by atoms with Gasteiger partial charge < -0.3 is 15.2 Å². The number of benzene rings is 1. The highest BCUT2D eigenvalue weighted by atomic mass is 16.5. The van der Waals surface area contributed by atoms with Gasteiger partial charge >= 0.3 is 5.97 Å². The molecule has 0 aliphatic rings. The maximum Gasteiger partial charge on any atom is 0.339 e. The Labute approximate surface area is 133 Å². The van der Waals surface area contributed by atoms with Crippen molar-refractivity contribution in [1.82, 2.24) is 0 Å². The SMILES string of the molecule is COC(=O)c1ccccc1NC=CC(C)CCCC(C)(C)O. The topological polar surface area (TPSA) is 58.6 Å². The maximum absolute atomic E-state index is 11.7. The molecule has 0 aromatic heterocycles. The number of hydrogen-bond acceptors (Lipinski definition) is 4. The maximum atomic E-state index is 11.7. The van der Waals surface area contributed by atoms with Crippen LogP contribution >= 0.6 is 0 Å². The van der Waals surface area contributed by atoms with Crippen LogP contribution in [0.5, 0.6) is 0 Å². The third-order valence-electron chi connectivity index (χ3n) is 3.44. The van der Waals surface area contributed by atoms with Crippen LogP contribution in [0.25, 0.3) is 0 Å². The predicted molar refractivity (Wildman–Crippen MR) is 89.9 cm³/mol. The molecular formula is C18H27NO3. The number of allylic oxidation sites excluding steroid dienone is 1. The van der Waals surface area contributed by atoms with E-state index in [-0.39, 0.29) is 5.97 Å². The van der Waals surface area contributed by atoms with Crippen LogP contribution in [0.4, 0.5) is 5.69 Å². The van der Waals surface area contributed by atoms with Crippen molar-refractivity contribution < 1.29 is 14.6 Å². The fourth-order valence-electron chi connectivity index (χ4n) is 2.15. The second-order valence-electron chi connectivity index (χ2n) is 6.22. The molecule has 0 saturated carbocycles. The van der Waals surface area contributed by atoms with Crippen molar-refractivity contribution in [1.29, 1.82) is 0 Å². The molecule has 0 amide bonds. The molecule has 0 heterocycles. The first-order valence-electron chi connectivity index (χ1n) is 7.66. The fraction of sp³-hybridized carbons (Fsp3) is 0.500. The Hall–Kier alpha value is -1.81. The van der Waals surface area contributed by atoms with Crippen LogP contribution in [0.2, 0.25) is 0 Å². The number of esters is 1. The van der Waals surface area contributed by atoms with Crippen molar-refractivity contribution in [3.8, 4) is 0 Å². The second-order valence-corrected chi connectivity index (χ2v) is 6.22. The van der Waals surface area contributed by atoms with Crippen molar-refractivity contribution in [2.24, 2.45) is 5.92 Å². The van der Waals surface area contributed by atoms with Gasteiger partial charge in [0.05, 0.1) is 24.0 Å². The fourth-order valence-corrected chi connectivity index (χ4v) is 2.15. The molecule has 0 aliphatic heterocycles. The van der Waals surface area contributed by atoms with Crippen molar-refractivity contribution >= 4 is 11.7 Å². The first kappa shape index (κ1) is 18.2. The molecule has 0 bridgehead atoms. The van der Waals surface area contributed by atoms with E-state index in [0.29, 0.717) is 11.5 Å². The van der Waals surface area contributed by atoms with Crippen LogP contribution in [0.3, 0.4) is 0 Å². The molecule has 1 atom stereocenters. The van der Waals surface area contributed by atoms with Gasteiger partial charge in [-0.2, -0.15) is 0 Å². The minimum absolute atomic E-state index is 0.352. The van der Waals surface area contributed by atoms with Gasteiger partial charge in [0, 0.05) is 0 Å². The summed E-state index contributed by atoms with van der Waals surface area (Å²) in [5, 5.41) is 12.8. The highest BCUT2D eigenvalue weighted by molar-refractivity contribution is 5.95. The zero-order valence-corrected chi connectivity index (χ0v) is 13.9. The Balaban J connectivity index is 2.50. The third kappa shape index (κ3) is 6.76. The second kappa shape index (κ2) is 8.59. The molecule has 1 unspecified atom stereocenters. The smallest absolute Gasteiger partial charge is 0.339 e. The molecule has 0 saturated heterocycles. The van der Waals surface area contributed by atoms with Gasteiger partial charge in [-0.15, -0.1) is 0 Å². The first-order chi connectivity index (χ1) is 10.3. The lowest BCUT2D eigenvalue weighted by Crippen LogP contribution is -2.18. The Morgan fingerprint density at radius 3 is 2.73 bits per heavy atom. The Kier molecular flexibility index (Phi) is 7.12. The van der Waals surface area contributed by atoms with Crippen LogP contribution in [0.1, 0.15) is 50.4 Å². The predicted octanol–water partition coefficient (Wildman–Crippen LogP) is 3.98. The van der Waals surface area contributed by atoms with Crippen molar-refractivity contribution in [2.45, 2.75) is 45.6 Å². The summed E-state index contributed by atoms with van der Waals surface area (Å²) in [6.07, 6.45) is 6.72. The molecule has 0 fully saturated rings. The lowest BCUT2D eigenvalue weighted by atomic mass is 9.97. The minimum Gasteiger partial charge on any atom is -0.465 e. The summed E-state index contributed by atoms with van der Waals surface area (Å²) < 4.78 is 4.76. The molecule has 0 radical (unpaired) electrons. The average Bonchev–Trinajstić information content (AvgIpc) is 2.45. The molecule has 1 aromatic carbocycles. The van der Waals surface area contributed by atoms with Gasteiger partial charge in [-0.05, 0) is 50.9 Å². The molecule has 122 valence electrons. The van der Waals surface area contributed by atoms with Gasteiger partial charge in [0.2, 0.25) is 0 Å². The van der Waals surface area contributed by atoms with E-state index in [1.807, 2.05) is 32.2 Å². The molecule has 1 rings (SSSR count). The van der Waals surface area contributed by atoms with E-state index in [1.54, 1.807) is 12.1 Å². The molecule has 4 heteroatoms. The monoisotopic (exact) mass is 305 g/mol. The summed E-state index contributed by atoms with van der Waals surface area (Å²) >= 11 is 0. The largest absolute Gasteiger partial charge is 0.465 e. The number of aliphatic hydroxyl groups is 1. The number of para-hydroxylation sites is 1. The van der Waals surface area contributed by atoms with Crippen LogP contribution in [-0.4, -0.2) is 23.8 Å². The molecular weight excluding hydrogens is 278 g/mol. The molecule has 1 aromatic rings. The highest BCUT2D eigenvalue weighted by Gasteiger charge is 2.12. The number of carbonyl (C=O) groups excluding carboxylic acids is 1. The number of anilines is 1. The first-order valence-corrected chi connectivity index (χ1v) is 7.66. The summed E-state index contributed by atoms with van der Waals surface area (Å²) in [6, 6.07) is 7.25. The molecule has 0 spiro atoms. The van der Waals surface area contributed by atoms with Crippen LogP contribution in [-0.2, 0) is 4.74 Å². The average molecular weight is 305 g/mol. The van der Waals surface area contributed by atoms with Gasteiger partial charge in [-0.1, -0.05) is 31.6 Å². The zero-order valence-electron chi connectivity index (χ0n) is 13.9. The van der Waals surface area contributed by atoms with Crippen molar-refractivity contribution in [3.63, 3.8) is 0 Å². The number of carbonyl (C=O) groups is 1. The van der Waals surface area contributed by atoms with E-state index in [0.717, 1.165) is 24.9 Å². The Morgan fingerprint density at radius 1 is 1.41 bits per heavy atom. The van der Waals surface area contributed by atoms with E-state index < -0.39 is 5.60 Å². The van der Waals surface area contributed by atoms with Crippen molar-refractivity contribution in [2.75, 3.05) is 12.4 Å². The lowest BCUT2D eigenvalue weighted by Gasteiger charge is -2.17. The summed E-state index contributed by atoms with van der Waals surface area (Å²) in [4.78, 5) is 11.7. The normalized spacial score (nSPS) is 13.1. The zero-order chi connectivity index (χ0) is 16.6. The number of nitrogens with one attached hydrogen (secondary N) is 1. The van der Waals surface area contributed by atoms with Crippen LogP contribution in [0, 0.1) is 5.92 Å². The number of ether oxygens (including phenoxy) is 1. The van der Waals surface area contributed by atoms with Crippen LogP contribution in [0.15, 0.2) is 36.5 Å². The Morgan fingerprint density at radius 2 is 2.09 bits per heavy atom. The van der Waals surface area contributed by atoms with E-state index >= 15 is 0 Å². The van der Waals surface area contributed by atoms with Gasteiger partial charge in [0.25, 0.3) is 0 Å². The van der Waals surface area contributed by atoms with E-state index in [9.17, 15) is 9.90 Å².